The first kappa shape index (κ1) is 18.7. The van der Waals surface area contributed by atoms with Gasteiger partial charge in [-0.3, -0.25) is 0 Å². The van der Waals surface area contributed by atoms with E-state index < -0.39 is 10.0 Å². The summed E-state index contributed by atoms with van der Waals surface area (Å²) < 4.78 is 33.0. The van der Waals surface area contributed by atoms with Gasteiger partial charge in [-0.15, -0.1) is 11.3 Å². The second-order valence-electron chi connectivity index (χ2n) is 6.47. The lowest BCUT2D eigenvalue weighted by molar-refractivity contribution is 0.374. The molecule has 2 aromatic heterocycles. The van der Waals surface area contributed by atoms with E-state index in [0.29, 0.717) is 42.8 Å². The number of anilines is 1. The first-order valence-corrected chi connectivity index (χ1v) is 11.1. The highest BCUT2D eigenvalue weighted by atomic mass is 32.2. The molecule has 3 heterocycles. The van der Waals surface area contributed by atoms with Crippen molar-refractivity contribution in [3.8, 4) is 16.8 Å². The molecule has 0 bridgehead atoms. The average Bonchev–Trinajstić information content (AvgIpc) is 3.38. The zero-order chi connectivity index (χ0) is 19.7. The van der Waals surface area contributed by atoms with Gasteiger partial charge in [0.15, 0.2) is 0 Å². The van der Waals surface area contributed by atoms with Crippen LogP contribution >= 0.6 is 11.3 Å². The Morgan fingerprint density at radius 1 is 1.14 bits per heavy atom. The monoisotopic (exact) mass is 414 g/mol. The molecule has 144 valence electrons. The van der Waals surface area contributed by atoms with E-state index in [1.54, 1.807) is 24.3 Å². The SMILES string of the molecule is Cc1ccc(S(=O)(=O)N2CCN(c3oc(-c4cccs4)nc3C#N)CC2)cc1. The third-order valence-electron chi connectivity index (χ3n) is 4.63. The van der Waals surface area contributed by atoms with E-state index in [1.807, 2.05) is 29.3 Å². The summed E-state index contributed by atoms with van der Waals surface area (Å²) in [5, 5.41) is 11.3. The summed E-state index contributed by atoms with van der Waals surface area (Å²) in [6.07, 6.45) is 0. The fourth-order valence-corrected chi connectivity index (χ4v) is 5.17. The highest BCUT2D eigenvalue weighted by Crippen LogP contribution is 2.31. The lowest BCUT2D eigenvalue weighted by Crippen LogP contribution is -2.48. The van der Waals surface area contributed by atoms with Gasteiger partial charge in [0.1, 0.15) is 6.07 Å². The first-order valence-electron chi connectivity index (χ1n) is 8.75. The van der Waals surface area contributed by atoms with E-state index in [1.165, 1.54) is 15.6 Å². The molecule has 4 rings (SSSR count). The van der Waals surface area contributed by atoms with Crippen molar-refractivity contribution in [1.29, 1.82) is 5.26 Å². The Labute approximate surface area is 167 Å². The molecular weight excluding hydrogens is 396 g/mol. The molecule has 0 atom stereocenters. The second-order valence-corrected chi connectivity index (χ2v) is 9.35. The summed E-state index contributed by atoms with van der Waals surface area (Å²) in [7, 11) is -3.53. The lowest BCUT2D eigenvalue weighted by atomic mass is 10.2. The Morgan fingerprint density at radius 3 is 2.46 bits per heavy atom. The van der Waals surface area contributed by atoms with Crippen molar-refractivity contribution in [1.82, 2.24) is 9.29 Å². The van der Waals surface area contributed by atoms with Crippen LogP contribution in [0.3, 0.4) is 0 Å². The minimum atomic E-state index is -3.53. The van der Waals surface area contributed by atoms with Gasteiger partial charge in [-0.25, -0.2) is 8.42 Å². The zero-order valence-electron chi connectivity index (χ0n) is 15.2. The van der Waals surface area contributed by atoms with Gasteiger partial charge in [-0.1, -0.05) is 23.8 Å². The molecule has 0 N–H and O–H groups in total. The van der Waals surface area contributed by atoms with Crippen molar-refractivity contribution in [3.05, 3.63) is 53.0 Å². The fourth-order valence-electron chi connectivity index (χ4n) is 3.10. The standard InChI is InChI=1S/C19H18N4O3S2/c1-14-4-6-15(7-5-14)28(24,25)23-10-8-22(9-11-23)19-16(13-20)21-18(26-19)17-3-2-12-27-17/h2-7,12H,8-11H2,1H3. The van der Waals surface area contributed by atoms with Crippen LogP contribution in [-0.2, 0) is 10.0 Å². The fraction of sp³-hybridized carbons (Fsp3) is 0.263. The number of sulfonamides is 1. The van der Waals surface area contributed by atoms with E-state index in [-0.39, 0.29) is 5.69 Å². The summed E-state index contributed by atoms with van der Waals surface area (Å²) in [5.74, 6) is 0.814. The highest BCUT2D eigenvalue weighted by molar-refractivity contribution is 7.89. The number of aryl methyl sites for hydroxylation is 1. The van der Waals surface area contributed by atoms with Gasteiger partial charge < -0.3 is 9.32 Å². The van der Waals surface area contributed by atoms with Gasteiger partial charge in [-0.2, -0.15) is 14.6 Å². The summed E-state index contributed by atoms with van der Waals surface area (Å²) in [5.41, 5.74) is 1.23. The van der Waals surface area contributed by atoms with Crippen molar-refractivity contribution in [2.45, 2.75) is 11.8 Å². The molecule has 0 amide bonds. The van der Waals surface area contributed by atoms with E-state index >= 15 is 0 Å². The van der Waals surface area contributed by atoms with Crippen molar-refractivity contribution < 1.29 is 12.8 Å². The third-order valence-corrected chi connectivity index (χ3v) is 7.40. The Balaban J connectivity index is 1.52. The number of oxazole rings is 1. The number of thiophene rings is 1. The van der Waals surface area contributed by atoms with Gasteiger partial charge in [0.25, 0.3) is 0 Å². The predicted octanol–water partition coefficient (Wildman–Crippen LogP) is 3.09. The Hall–Kier alpha value is -2.67. The van der Waals surface area contributed by atoms with Gasteiger partial charge in [-0.05, 0) is 30.5 Å². The van der Waals surface area contributed by atoms with Crippen LogP contribution in [0.1, 0.15) is 11.3 Å². The van der Waals surface area contributed by atoms with Crippen LogP contribution in [0.25, 0.3) is 10.8 Å². The van der Waals surface area contributed by atoms with Crippen LogP contribution in [0.4, 0.5) is 5.88 Å². The van der Waals surface area contributed by atoms with E-state index in [4.69, 9.17) is 4.42 Å². The van der Waals surface area contributed by atoms with Gasteiger partial charge >= 0.3 is 0 Å². The molecule has 1 saturated heterocycles. The van der Waals surface area contributed by atoms with Gasteiger partial charge in [0.05, 0.1) is 9.77 Å². The molecule has 0 aliphatic carbocycles. The zero-order valence-corrected chi connectivity index (χ0v) is 16.8. The number of aromatic nitrogens is 1. The summed E-state index contributed by atoms with van der Waals surface area (Å²) in [6, 6.07) is 12.7. The first-order chi connectivity index (χ1) is 13.5. The maximum absolute atomic E-state index is 12.8. The molecule has 3 aromatic rings. The Morgan fingerprint density at radius 2 is 1.86 bits per heavy atom. The summed E-state index contributed by atoms with van der Waals surface area (Å²) >= 11 is 1.49. The number of benzene rings is 1. The third kappa shape index (κ3) is 3.42. The minimum absolute atomic E-state index is 0.221. The van der Waals surface area contributed by atoms with Crippen LogP contribution < -0.4 is 4.90 Å². The van der Waals surface area contributed by atoms with Gasteiger partial charge in [0.2, 0.25) is 27.5 Å². The summed E-state index contributed by atoms with van der Waals surface area (Å²) in [6.45, 7) is 3.41. The molecular formula is C19H18N4O3S2. The molecule has 9 heteroatoms. The number of hydrogen-bond acceptors (Lipinski definition) is 7. The van der Waals surface area contributed by atoms with Crippen molar-refractivity contribution in [3.63, 3.8) is 0 Å². The summed E-state index contributed by atoms with van der Waals surface area (Å²) in [4.78, 5) is 7.30. The molecule has 1 aliphatic heterocycles. The second kappa shape index (κ2) is 7.39. The maximum Gasteiger partial charge on any atom is 0.243 e. The molecule has 0 unspecified atom stereocenters. The molecule has 1 fully saturated rings. The number of piperazine rings is 1. The predicted molar refractivity (Wildman–Crippen MR) is 107 cm³/mol. The van der Waals surface area contributed by atoms with Crippen LogP contribution in [0.15, 0.2) is 51.1 Å². The average molecular weight is 415 g/mol. The molecule has 0 saturated carbocycles. The topological polar surface area (TPSA) is 90.4 Å². The molecule has 1 aliphatic rings. The number of hydrogen-bond donors (Lipinski definition) is 0. The lowest BCUT2D eigenvalue weighted by Gasteiger charge is -2.33. The van der Waals surface area contributed by atoms with Crippen molar-refractivity contribution in [2.75, 3.05) is 31.1 Å². The van der Waals surface area contributed by atoms with Crippen molar-refractivity contribution >= 4 is 27.2 Å². The van der Waals surface area contributed by atoms with Crippen molar-refractivity contribution in [2.24, 2.45) is 0 Å². The van der Waals surface area contributed by atoms with E-state index in [2.05, 4.69) is 11.1 Å². The molecule has 28 heavy (non-hydrogen) atoms. The smallest absolute Gasteiger partial charge is 0.243 e. The highest BCUT2D eigenvalue weighted by Gasteiger charge is 2.31. The molecule has 0 spiro atoms. The maximum atomic E-state index is 12.8. The molecule has 1 aromatic carbocycles. The van der Waals surface area contributed by atoms with Gasteiger partial charge in [0, 0.05) is 26.2 Å². The van der Waals surface area contributed by atoms with E-state index in [0.717, 1.165) is 10.4 Å². The number of nitrogens with zero attached hydrogens (tertiary/aromatic N) is 4. The van der Waals surface area contributed by atoms with E-state index in [9.17, 15) is 13.7 Å². The van der Waals surface area contributed by atoms with Crippen LogP contribution in [0, 0.1) is 18.3 Å². The normalized spacial score (nSPS) is 15.5. The quantitative estimate of drug-likeness (QED) is 0.652. The molecule has 0 radical (unpaired) electrons. The van der Waals surface area contributed by atoms with Crippen LogP contribution in [0.2, 0.25) is 0 Å². The Bertz CT molecular complexity index is 1110. The largest absolute Gasteiger partial charge is 0.418 e. The molecule has 7 nitrogen and oxygen atoms in total. The number of nitriles is 1. The van der Waals surface area contributed by atoms with Crippen LogP contribution in [0.5, 0.6) is 0 Å². The number of rotatable bonds is 4. The Kier molecular flexibility index (Phi) is 4.93. The van der Waals surface area contributed by atoms with Crippen LogP contribution in [-0.4, -0.2) is 43.9 Å². The minimum Gasteiger partial charge on any atom is -0.418 e.